The Morgan fingerprint density at radius 1 is 0.821 bits per heavy atom. The predicted molar refractivity (Wildman–Crippen MR) is 108 cm³/mol. The molecule has 0 radical (unpaired) electrons. The first kappa shape index (κ1) is 19.4. The Kier molecular flexibility index (Phi) is 6.58. The SMILES string of the molecule is O=C(O)CC[C@H](C(=O)c1ccc(OCc2ccccc2)cc1)c1ccccc1. The number of hydrogen-bond donors (Lipinski definition) is 1. The van der Waals surface area contributed by atoms with Crippen LogP contribution in [0.4, 0.5) is 0 Å². The maximum Gasteiger partial charge on any atom is 0.303 e. The molecule has 1 N–H and O–H groups in total. The second kappa shape index (κ2) is 9.51. The molecule has 0 aromatic heterocycles. The van der Waals surface area contributed by atoms with E-state index in [1.54, 1.807) is 24.3 Å². The molecule has 1 atom stereocenters. The van der Waals surface area contributed by atoms with Gasteiger partial charge in [-0.3, -0.25) is 9.59 Å². The molecule has 3 rings (SSSR count). The molecular weight excluding hydrogens is 352 g/mol. The number of carboxylic acids is 1. The van der Waals surface area contributed by atoms with Crippen LogP contribution >= 0.6 is 0 Å². The largest absolute Gasteiger partial charge is 0.489 e. The first-order valence-electron chi connectivity index (χ1n) is 9.21. The monoisotopic (exact) mass is 374 g/mol. The Hall–Kier alpha value is -3.40. The van der Waals surface area contributed by atoms with Crippen molar-refractivity contribution in [1.82, 2.24) is 0 Å². The molecule has 0 aliphatic heterocycles. The average Bonchev–Trinajstić information content (AvgIpc) is 2.74. The molecule has 0 bridgehead atoms. The van der Waals surface area contributed by atoms with Crippen molar-refractivity contribution in [1.29, 1.82) is 0 Å². The number of ether oxygens (including phenoxy) is 1. The van der Waals surface area contributed by atoms with E-state index < -0.39 is 11.9 Å². The van der Waals surface area contributed by atoms with Gasteiger partial charge >= 0.3 is 5.97 Å². The Balaban J connectivity index is 1.71. The molecule has 3 aromatic rings. The second-order valence-corrected chi connectivity index (χ2v) is 6.56. The van der Waals surface area contributed by atoms with Crippen molar-refractivity contribution in [2.45, 2.75) is 25.4 Å². The third-order valence-electron chi connectivity index (χ3n) is 4.55. The molecule has 4 nitrogen and oxygen atoms in total. The summed E-state index contributed by atoms with van der Waals surface area (Å²) in [5, 5.41) is 9.02. The van der Waals surface area contributed by atoms with E-state index in [4.69, 9.17) is 9.84 Å². The van der Waals surface area contributed by atoms with Gasteiger partial charge < -0.3 is 9.84 Å². The minimum absolute atomic E-state index is 0.0520. The lowest BCUT2D eigenvalue weighted by atomic mass is 9.87. The highest BCUT2D eigenvalue weighted by molar-refractivity contribution is 6.01. The number of benzene rings is 3. The Bertz CT molecular complexity index is 902. The number of carboxylic acid groups (broad SMARTS) is 1. The summed E-state index contributed by atoms with van der Waals surface area (Å²) < 4.78 is 5.76. The zero-order valence-electron chi connectivity index (χ0n) is 15.5. The van der Waals surface area contributed by atoms with Crippen LogP contribution in [0, 0.1) is 0 Å². The molecule has 0 saturated heterocycles. The smallest absolute Gasteiger partial charge is 0.303 e. The molecule has 0 aliphatic rings. The van der Waals surface area contributed by atoms with Crippen LogP contribution in [0.2, 0.25) is 0 Å². The van der Waals surface area contributed by atoms with Crippen molar-refractivity contribution in [2.24, 2.45) is 0 Å². The minimum Gasteiger partial charge on any atom is -0.489 e. The lowest BCUT2D eigenvalue weighted by Gasteiger charge is -2.16. The highest BCUT2D eigenvalue weighted by atomic mass is 16.5. The van der Waals surface area contributed by atoms with E-state index in [9.17, 15) is 9.59 Å². The zero-order chi connectivity index (χ0) is 19.8. The van der Waals surface area contributed by atoms with Crippen molar-refractivity contribution >= 4 is 11.8 Å². The fourth-order valence-electron chi connectivity index (χ4n) is 3.06. The Morgan fingerprint density at radius 2 is 1.43 bits per heavy atom. The van der Waals surface area contributed by atoms with Crippen molar-refractivity contribution in [3.8, 4) is 5.75 Å². The lowest BCUT2D eigenvalue weighted by Crippen LogP contribution is -2.14. The summed E-state index contributed by atoms with van der Waals surface area (Å²) in [5.74, 6) is -0.781. The van der Waals surface area contributed by atoms with Crippen LogP contribution in [0.25, 0.3) is 0 Å². The van der Waals surface area contributed by atoms with Gasteiger partial charge in [-0.05, 0) is 41.8 Å². The maximum absolute atomic E-state index is 13.0. The quantitative estimate of drug-likeness (QED) is 0.530. The average molecular weight is 374 g/mol. The summed E-state index contributed by atoms with van der Waals surface area (Å²) in [6, 6.07) is 26.2. The highest BCUT2D eigenvalue weighted by Gasteiger charge is 2.22. The molecular formula is C24H22O4. The van der Waals surface area contributed by atoms with E-state index in [0.29, 0.717) is 17.9 Å². The van der Waals surface area contributed by atoms with E-state index in [0.717, 1.165) is 11.1 Å². The fraction of sp³-hybridized carbons (Fsp3) is 0.167. The number of hydrogen-bond acceptors (Lipinski definition) is 3. The first-order valence-corrected chi connectivity index (χ1v) is 9.21. The van der Waals surface area contributed by atoms with E-state index in [2.05, 4.69) is 0 Å². The van der Waals surface area contributed by atoms with Gasteiger partial charge in [-0.1, -0.05) is 60.7 Å². The van der Waals surface area contributed by atoms with Gasteiger partial charge in [-0.2, -0.15) is 0 Å². The van der Waals surface area contributed by atoms with Gasteiger partial charge in [-0.15, -0.1) is 0 Å². The normalized spacial score (nSPS) is 11.6. The van der Waals surface area contributed by atoms with Crippen LogP contribution in [-0.4, -0.2) is 16.9 Å². The first-order chi connectivity index (χ1) is 13.6. The number of carbonyl (C=O) groups is 2. The summed E-state index contributed by atoms with van der Waals surface area (Å²) in [7, 11) is 0. The van der Waals surface area contributed by atoms with Crippen molar-refractivity contribution in [2.75, 3.05) is 0 Å². The maximum atomic E-state index is 13.0. The standard InChI is InChI=1S/C24H22O4/c25-23(26)16-15-22(19-9-5-2-6-10-19)24(27)20-11-13-21(14-12-20)28-17-18-7-3-1-4-8-18/h1-14,22H,15-17H2,(H,25,26)/t22-/m0/s1. The molecule has 142 valence electrons. The van der Waals surface area contributed by atoms with Crippen molar-refractivity contribution in [3.05, 3.63) is 102 Å². The number of carbonyl (C=O) groups excluding carboxylic acids is 1. The minimum atomic E-state index is -0.904. The van der Waals surface area contributed by atoms with Gasteiger partial charge in [0.25, 0.3) is 0 Å². The predicted octanol–water partition coefficient (Wildman–Crippen LogP) is 5.10. The van der Waals surface area contributed by atoms with Gasteiger partial charge in [0, 0.05) is 17.9 Å². The van der Waals surface area contributed by atoms with Crippen LogP contribution in [0.1, 0.15) is 40.2 Å². The van der Waals surface area contributed by atoms with Crippen molar-refractivity contribution < 1.29 is 19.4 Å². The summed E-state index contributed by atoms with van der Waals surface area (Å²) in [6.45, 7) is 0.458. The Labute approximate surface area is 164 Å². The second-order valence-electron chi connectivity index (χ2n) is 6.56. The van der Waals surface area contributed by atoms with Crippen molar-refractivity contribution in [3.63, 3.8) is 0 Å². The number of Topliss-reactive ketones (excluding diaryl/α,β-unsaturated/α-hetero) is 1. The third-order valence-corrected chi connectivity index (χ3v) is 4.55. The molecule has 0 saturated carbocycles. The van der Waals surface area contributed by atoms with Crippen LogP contribution in [-0.2, 0) is 11.4 Å². The zero-order valence-corrected chi connectivity index (χ0v) is 15.5. The number of rotatable bonds is 9. The molecule has 0 aliphatic carbocycles. The van der Waals surface area contributed by atoms with Gasteiger partial charge in [0.15, 0.2) is 5.78 Å². The highest BCUT2D eigenvalue weighted by Crippen LogP contribution is 2.27. The van der Waals surface area contributed by atoms with Crippen LogP contribution in [0.3, 0.4) is 0 Å². The van der Waals surface area contributed by atoms with E-state index in [-0.39, 0.29) is 18.6 Å². The van der Waals surface area contributed by atoms with Gasteiger partial charge in [-0.25, -0.2) is 0 Å². The molecule has 28 heavy (non-hydrogen) atoms. The lowest BCUT2D eigenvalue weighted by molar-refractivity contribution is -0.137. The van der Waals surface area contributed by atoms with Crippen LogP contribution in [0.15, 0.2) is 84.9 Å². The molecule has 3 aromatic carbocycles. The molecule has 0 amide bonds. The number of ketones is 1. The summed E-state index contributed by atoms with van der Waals surface area (Å²) in [5.41, 5.74) is 2.45. The molecule has 0 fully saturated rings. The van der Waals surface area contributed by atoms with Gasteiger partial charge in [0.05, 0.1) is 0 Å². The number of aliphatic carboxylic acids is 1. The van der Waals surface area contributed by atoms with E-state index >= 15 is 0 Å². The van der Waals surface area contributed by atoms with Crippen LogP contribution < -0.4 is 4.74 Å². The summed E-state index contributed by atoms with van der Waals surface area (Å²) in [4.78, 5) is 24.0. The van der Waals surface area contributed by atoms with Gasteiger partial charge in [0.2, 0.25) is 0 Å². The summed E-state index contributed by atoms with van der Waals surface area (Å²) in [6.07, 6.45) is 0.216. The molecule has 0 heterocycles. The molecule has 4 heteroatoms. The molecule has 0 unspecified atom stereocenters. The molecule has 0 spiro atoms. The topological polar surface area (TPSA) is 63.6 Å². The van der Waals surface area contributed by atoms with Gasteiger partial charge in [0.1, 0.15) is 12.4 Å². The van der Waals surface area contributed by atoms with E-state index in [1.165, 1.54) is 0 Å². The van der Waals surface area contributed by atoms with E-state index in [1.807, 2.05) is 60.7 Å². The Morgan fingerprint density at radius 3 is 2.04 bits per heavy atom. The fourth-order valence-corrected chi connectivity index (χ4v) is 3.06. The summed E-state index contributed by atoms with van der Waals surface area (Å²) >= 11 is 0. The third kappa shape index (κ3) is 5.30. The van der Waals surface area contributed by atoms with Crippen LogP contribution in [0.5, 0.6) is 5.75 Å².